The van der Waals surface area contributed by atoms with Crippen LogP contribution < -0.4 is 0 Å². The van der Waals surface area contributed by atoms with Crippen molar-refractivity contribution in [2.24, 2.45) is 33.5 Å². The lowest BCUT2D eigenvalue weighted by Gasteiger charge is -2.60. The molecule has 27 heavy (non-hydrogen) atoms. The van der Waals surface area contributed by atoms with Crippen LogP contribution in [-0.4, -0.2) is 30.8 Å². The Labute approximate surface area is 165 Å². The van der Waals surface area contributed by atoms with E-state index >= 15 is 0 Å². The number of Topliss-reactive ketones (excluding diaryl/α,β-unsaturated/α-hetero) is 1. The van der Waals surface area contributed by atoms with Crippen LogP contribution in [0.2, 0.25) is 0 Å². The van der Waals surface area contributed by atoms with Gasteiger partial charge in [0.1, 0.15) is 0 Å². The Hall–Kier alpha value is -0.890. The highest BCUT2D eigenvalue weighted by Crippen LogP contribution is 2.87. The first kappa shape index (κ1) is 18.2. The lowest BCUT2D eigenvalue weighted by atomic mass is 9.44. The van der Waals surface area contributed by atoms with Crippen LogP contribution in [-0.2, 0) is 4.79 Å². The summed E-state index contributed by atoms with van der Waals surface area (Å²) in [4.78, 5) is 15.3. The molecule has 2 nitrogen and oxygen atoms in total. The van der Waals surface area contributed by atoms with Gasteiger partial charge in [-0.05, 0) is 99.6 Å². The average molecular weight is 368 g/mol. The standard InChI is InChI=1S/C25H37NO/c1-7-17-20(27)14-23(4)21-9-8-18-16(2)19(26(5)6)10-11-24(18)15-25(21,24)13-12-22(17,23)3/h7,18-19,21H,2,8-15H2,1,3-6H3/b17-7-/t18-,19-,21-,22+,23-,24+,25-/m0/s1. The van der Waals surface area contributed by atoms with Gasteiger partial charge < -0.3 is 4.90 Å². The van der Waals surface area contributed by atoms with Gasteiger partial charge >= 0.3 is 0 Å². The first-order chi connectivity index (χ1) is 12.7. The lowest BCUT2D eigenvalue weighted by molar-refractivity contribution is -0.118. The molecule has 2 heteroatoms. The van der Waals surface area contributed by atoms with Gasteiger partial charge in [0.2, 0.25) is 0 Å². The number of nitrogens with zero attached hydrogens (tertiary/aromatic N) is 1. The van der Waals surface area contributed by atoms with E-state index in [2.05, 4.69) is 52.4 Å². The molecule has 0 aromatic rings. The van der Waals surface area contributed by atoms with Crippen LogP contribution >= 0.6 is 0 Å². The van der Waals surface area contributed by atoms with Crippen molar-refractivity contribution in [1.29, 1.82) is 0 Å². The molecule has 0 unspecified atom stereocenters. The summed E-state index contributed by atoms with van der Waals surface area (Å²) in [6.45, 7) is 11.6. The molecule has 2 spiro atoms. The molecule has 5 saturated carbocycles. The number of hydrogen-bond acceptors (Lipinski definition) is 2. The molecule has 5 rings (SSSR count). The summed E-state index contributed by atoms with van der Waals surface area (Å²) >= 11 is 0. The number of carbonyl (C=O) groups is 1. The van der Waals surface area contributed by atoms with Crippen LogP contribution in [0.1, 0.15) is 72.1 Å². The van der Waals surface area contributed by atoms with Gasteiger partial charge in [0.25, 0.3) is 0 Å². The molecule has 0 aromatic carbocycles. The SMILES string of the molecule is C=C1[C@@H](N(C)C)CC[C@]23C[C@]24CC[C@]2(C)/C(=C\C)C(=O)C[C@@]2(C)[C@@H]4CC[C@@H]13. The van der Waals surface area contributed by atoms with Gasteiger partial charge in [0.15, 0.2) is 5.78 Å². The summed E-state index contributed by atoms with van der Waals surface area (Å²) in [5.74, 6) is 1.89. The predicted molar refractivity (Wildman–Crippen MR) is 110 cm³/mol. The molecule has 0 radical (unpaired) electrons. The van der Waals surface area contributed by atoms with Crippen molar-refractivity contribution < 1.29 is 4.79 Å². The minimum Gasteiger partial charge on any atom is -0.303 e. The second-order valence-electron chi connectivity index (χ2n) is 11.3. The maximum atomic E-state index is 12.9. The zero-order valence-corrected chi connectivity index (χ0v) is 18.0. The molecule has 0 saturated heterocycles. The molecular formula is C25H37NO. The second kappa shape index (κ2) is 5.17. The summed E-state index contributed by atoms with van der Waals surface area (Å²) in [6.07, 6.45) is 12.2. The highest BCUT2D eigenvalue weighted by atomic mass is 16.1. The van der Waals surface area contributed by atoms with Gasteiger partial charge in [0.05, 0.1) is 0 Å². The van der Waals surface area contributed by atoms with Crippen molar-refractivity contribution in [2.75, 3.05) is 14.1 Å². The van der Waals surface area contributed by atoms with E-state index in [0.717, 1.165) is 23.8 Å². The summed E-state index contributed by atoms with van der Waals surface area (Å²) in [7, 11) is 4.44. The van der Waals surface area contributed by atoms with E-state index in [0.29, 0.717) is 22.7 Å². The van der Waals surface area contributed by atoms with E-state index in [4.69, 9.17) is 0 Å². The van der Waals surface area contributed by atoms with E-state index in [1.807, 2.05) is 0 Å². The van der Waals surface area contributed by atoms with E-state index in [1.165, 1.54) is 50.5 Å². The van der Waals surface area contributed by atoms with Crippen LogP contribution in [0.3, 0.4) is 0 Å². The number of likely N-dealkylation sites (N-methyl/N-ethyl adjacent to an activating group) is 1. The normalized spacial score (nSPS) is 55.2. The molecule has 0 N–H and O–H groups in total. The van der Waals surface area contributed by atoms with Crippen molar-refractivity contribution in [3.05, 3.63) is 23.8 Å². The Morgan fingerprint density at radius 1 is 1.07 bits per heavy atom. The number of ketones is 1. The van der Waals surface area contributed by atoms with Crippen LogP contribution in [0.5, 0.6) is 0 Å². The highest BCUT2D eigenvalue weighted by Gasteiger charge is 2.81. The Bertz CT molecular complexity index is 764. The summed E-state index contributed by atoms with van der Waals surface area (Å²) in [5.41, 5.74) is 3.97. The van der Waals surface area contributed by atoms with Crippen LogP contribution in [0.15, 0.2) is 23.8 Å². The van der Waals surface area contributed by atoms with Gasteiger partial charge in [-0.3, -0.25) is 4.79 Å². The Balaban J connectivity index is 1.54. The van der Waals surface area contributed by atoms with Crippen molar-refractivity contribution in [3.63, 3.8) is 0 Å². The zero-order valence-electron chi connectivity index (χ0n) is 18.0. The third-order valence-corrected chi connectivity index (χ3v) is 10.8. The van der Waals surface area contributed by atoms with E-state index < -0.39 is 0 Å². The van der Waals surface area contributed by atoms with E-state index in [9.17, 15) is 4.79 Å². The minimum absolute atomic E-state index is 0.100. The number of allylic oxidation sites excluding steroid dienone is 2. The maximum Gasteiger partial charge on any atom is 0.159 e. The molecule has 5 fully saturated rings. The average Bonchev–Trinajstić information content (AvgIpc) is 3.20. The number of hydrogen-bond donors (Lipinski definition) is 0. The third-order valence-electron chi connectivity index (χ3n) is 10.8. The van der Waals surface area contributed by atoms with Crippen molar-refractivity contribution in [1.82, 2.24) is 4.90 Å². The molecule has 5 aliphatic carbocycles. The number of fused-ring (bicyclic) bond motifs is 2. The third kappa shape index (κ3) is 1.81. The van der Waals surface area contributed by atoms with Crippen molar-refractivity contribution >= 4 is 5.78 Å². The summed E-state index contributed by atoms with van der Waals surface area (Å²) in [5, 5.41) is 0. The molecule has 0 amide bonds. The number of rotatable bonds is 1. The monoisotopic (exact) mass is 367 g/mol. The molecular weight excluding hydrogens is 330 g/mol. The van der Waals surface area contributed by atoms with E-state index in [1.54, 1.807) is 0 Å². The molecule has 5 aliphatic rings. The zero-order chi connectivity index (χ0) is 19.4. The summed E-state index contributed by atoms with van der Waals surface area (Å²) in [6, 6.07) is 0.571. The molecule has 148 valence electrons. The topological polar surface area (TPSA) is 20.3 Å². The van der Waals surface area contributed by atoms with Gasteiger partial charge in [-0.2, -0.15) is 0 Å². The maximum absolute atomic E-state index is 12.9. The molecule has 7 atom stereocenters. The van der Waals surface area contributed by atoms with Crippen LogP contribution in [0, 0.1) is 33.5 Å². The molecule has 0 aliphatic heterocycles. The predicted octanol–water partition coefficient (Wildman–Crippen LogP) is 5.39. The molecule has 0 heterocycles. The second-order valence-corrected chi connectivity index (χ2v) is 11.3. The fourth-order valence-electron chi connectivity index (χ4n) is 9.36. The van der Waals surface area contributed by atoms with Crippen LogP contribution in [0.25, 0.3) is 0 Å². The quantitative estimate of drug-likeness (QED) is 0.457. The van der Waals surface area contributed by atoms with Crippen molar-refractivity contribution in [3.8, 4) is 0 Å². The summed E-state index contributed by atoms with van der Waals surface area (Å²) < 4.78 is 0. The van der Waals surface area contributed by atoms with Crippen molar-refractivity contribution in [2.45, 2.75) is 78.2 Å². The smallest absolute Gasteiger partial charge is 0.159 e. The van der Waals surface area contributed by atoms with Gasteiger partial charge in [-0.25, -0.2) is 0 Å². The Morgan fingerprint density at radius 3 is 2.48 bits per heavy atom. The first-order valence-corrected chi connectivity index (χ1v) is 11.2. The largest absolute Gasteiger partial charge is 0.303 e. The van der Waals surface area contributed by atoms with E-state index in [-0.39, 0.29) is 10.8 Å². The fraction of sp³-hybridized carbons (Fsp3) is 0.800. The Kier molecular flexibility index (Phi) is 3.48. The highest BCUT2D eigenvalue weighted by molar-refractivity contribution is 6.00. The molecule has 0 aromatic heterocycles. The Morgan fingerprint density at radius 2 is 1.81 bits per heavy atom. The number of carbonyl (C=O) groups excluding carboxylic acids is 1. The first-order valence-electron chi connectivity index (χ1n) is 11.2. The van der Waals surface area contributed by atoms with Gasteiger partial charge in [-0.15, -0.1) is 0 Å². The van der Waals surface area contributed by atoms with Crippen LogP contribution in [0.4, 0.5) is 0 Å². The fourth-order valence-corrected chi connectivity index (χ4v) is 9.36. The molecule has 0 bridgehead atoms. The van der Waals surface area contributed by atoms with Gasteiger partial charge in [-0.1, -0.05) is 32.1 Å². The van der Waals surface area contributed by atoms with Gasteiger partial charge in [0, 0.05) is 17.9 Å². The lowest BCUT2D eigenvalue weighted by Crippen LogP contribution is -2.54. The minimum atomic E-state index is 0.100.